The molecule has 0 bridgehead atoms. The van der Waals surface area contributed by atoms with Crippen LogP contribution in [0.1, 0.15) is 27.3 Å². The van der Waals surface area contributed by atoms with Crippen molar-refractivity contribution in [2.75, 3.05) is 10.6 Å². The molecule has 0 fully saturated rings. The summed E-state index contributed by atoms with van der Waals surface area (Å²) < 4.78 is 0. The Balaban J connectivity index is 1.77. The second-order valence-electron chi connectivity index (χ2n) is 6.00. The van der Waals surface area contributed by atoms with Gasteiger partial charge in [0.25, 0.3) is 5.91 Å². The van der Waals surface area contributed by atoms with Gasteiger partial charge in [0, 0.05) is 28.3 Å². The quantitative estimate of drug-likeness (QED) is 0.743. The fourth-order valence-electron chi connectivity index (χ4n) is 2.58. The maximum Gasteiger partial charge on any atom is 0.255 e. The molecule has 0 saturated carbocycles. The van der Waals surface area contributed by atoms with E-state index < -0.39 is 0 Å². The lowest BCUT2D eigenvalue weighted by Gasteiger charge is -2.09. The average Bonchev–Trinajstić information content (AvgIpc) is 2.54. The molecule has 2 aromatic carbocycles. The molecule has 0 atom stereocenters. The van der Waals surface area contributed by atoms with Gasteiger partial charge in [-0.1, -0.05) is 18.2 Å². The van der Waals surface area contributed by atoms with Gasteiger partial charge in [0.15, 0.2) is 0 Å². The SMILES string of the molecule is Cc1cccc(NC(=O)c2cccc(Nc3nc(C)cc(C)n3)c2)c1. The van der Waals surface area contributed by atoms with E-state index >= 15 is 0 Å². The number of aryl methyl sites for hydroxylation is 3. The predicted octanol–water partition coefficient (Wildman–Crippen LogP) is 4.40. The summed E-state index contributed by atoms with van der Waals surface area (Å²) in [7, 11) is 0. The Labute approximate surface area is 147 Å². The minimum absolute atomic E-state index is 0.157. The van der Waals surface area contributed by atoms with E-state index in [1.165, 1.54) is 0 Å². The second kappa shape index (κ2) is 7.13. The number of carbonyl (C=O) groups is 1. The van der Waals surface area contributed by atoms with E-state index in [0.717, 1.165) is 28.3 Å². The molecular formula is C20H20N4O. The first-order valence-corrected chi connectivity index (χ1v) is 8.07. The van der Waals surface area contributed by atoms with Crippen molar-refractivity contribution >= 4 is 23.2 Å². The molecule has 1 heterocycles. The van der Waals surface area contributed by atoms with Crippen LogP contribution in [0.5, 0.6) is 0 Å². The summed E-state index contributed by atoms with van der Waals surface area (Å²) in [6.07, 6.45) is 0. The molecule has 126 valence electrons. The number of nitrogens with one attached hydrogen (secondary N) is 2. The van der Waals surface area contributed by atoms with Crippen LogP contribution in [0.4, 0.5) is 17.3 Å². The van der Waals surface area contributed by atoms with Crippen LogP contribution in [0.2, 0.25) is 0 Å². The van der Waals surface area contributed by atoms with Gasteiger partial charge in [0.1, 0.15) is 0 Å². The fraction of sp³-hybridized carbons (Fsp3) is 0.150. The van der Waals surface area contributed by atoms with Crippen LogP contribution in [0.3, 0.4) is 0 Å². The number of hydrogen-bond acceptors (Lipinski definition) is 4. The zero-order valence-corrected chi connectivity index (χ0v) is 14.5. The van der Waals surface area contributed by atoms with Gasteiger partial charge < -0.3 is 10.6 Å². The smallest absolute Gasteiger partial charge is 0.255 e. The van der Waals surface area contributed by atoms with Crippen LogP contribution in [-0.4, -0.2) is 15.9 Å². The molecular weight excluding hydrogens is 312 g/mol. The van der Waals surface area contributed by atoms with Crippen LogP contribution >= 0.6 is 0 Å². The molecule has 0 spiro atoms. The standard InChI is InChI=1S/C20H20N4O/c1-13-6-4-8-17(10-13)23-19(25)16-7-5-9-18(12-16)24-20-21-14(2)11-15(3)22-20/h4-12H,1-3H3,(H,23,25)(H,21,22,24). The zero-order chi connectivity index (χ0) is 17.8. The molecule has 0 aliphatic heterocycles. The van der Waals surface area contributed by atoms with E-state index in [1.54, 1.807) is 12.1 Å². The van der Waals surface area contributed by atoms with Crippen molar-refractivity contribution in [3.63, 3.8) is 0 Å². The molecule has 3 rings (SSSR count). The van der Waals surface area contributed by atoms with Gasteiger partial charge in [-0.25, -0.2) is 9.97 Å². The van der Waals surface area contributed by atoms with Gasteiger partial charge in [0.2, 0.25) is 5.95 Å². The van der Waals surface area contributed by atoms with Crippen molar-refractivity contribution in [1.29, 1.82) is 0 Å². The highest BCUT2D eigenvalue weighted by Gasteiger charge is 2.08. The van der Waals surface area contributed by atoms with Gasteiger partial charge in [0.05, 0.1) is 0 Å². The van der Waals surface area contributed by atoms with Crippen LogP contribution < -0.4 is 10.6 Å². The summed E-state index contributed by atoms with van der Waals surface area (Å²) in [6, 6.07) is 16.9. The topological polar surface area (TPSA) is 66.9 Å². The van der Waals surface area contributed by atoms with Gasteiger partial charge in [-0.15, -0.1) is 0 Å². The normalized spacial score (nSPS) is 10.4. The maximum absolute atomic E-state index is 12.5. The van der Waals surface area contributed by atoms with Crippen LogP contribution in [0, 0.1) is 20.8 Å². The maximum atomic E-state index is 12.5. The Morgan fingerprint density at radius 1 is 0.840 bits per heavy atom. The second-order valence-corrected chi connectivity index (χ2v) is 6.00. The molecule has 3 aromatic rings. The zero-order valence-electron chi connectivity index (χ0n) is 14.5. The van der Waals surface area contributed by atoms with Gasteiger partial charge >= 0.3 is 0 Å². The van der Waals surface area contributed by atoms with Gasteiger partial charge in [-0.05, 0) is 62.7 Å². The predicted molar refractivity (Wildman–Crippen MR) is 100 cm³/mol. The van der Waals surface area contributed by atoms with E-state index in [-0.39, 0.29) is 5.91 Å². The van der Waals surface area contributed by atoms with E-state index in [1.807, 2.05) is 63.2 Å². The number of amides is 1. The molecule has 5 heteroatoms. The highest BCUT2D eigenvalue weighted by molar-refractivity contribution is 6.04. The van der Waals surface area contributed by atoms with Crippen LogP contribution in [0.15, 0.2) is 54.6 Å². The third-order valence-electron chi connectivity index (χ3n) is 3.64. The van der Waals surface area contributed by atoms with Gasteiger partial charge in [-0.2, -0.15) is 0 Å². The fourth-order valence-corrected chi connectivity index (χ4v) is 2.58. The lowest BCUT2D eigenvalue weighted by molar-refractivity contribution is 0.102. The molecule has 0 saturated heterocycles. The first-order chi connectivity index (χ1) is 12.0. The molecule has 1 amide bonds. The highest BCUT2D eigenvalue weighted by Crippen LogP contribution is 2.17. The molecule has 2 N–H and O–H groups in total. The lowest BCUT2D eigenvalue weighted by Crippen LogP contribution is -2.12. The Kier molecular flexibility index (Phi) is 4.75. The monoisotopic (exact) mass is 332 g/mol. The average molecular weight is 332 g/mol. The Morgan fingerprint density at radius 3 is 2.24 bits per heavy atom. The van der Waals surface area contributed by atoms with E-state index in [0.29, 0.717) is 11.5 Å². The van der Waals surface area contributed by atoms with Crippen molar-refractivity contribution in [3.8, 4) is 0 Å². The minimum atomic E-state index is -0.157. The van der Waals surface area contributed by atoms with E-state index in [2.05, 4.69) is 20.6 Å². The Hall–Kier alpha value is -3.21. The number of carbonyl (C=O) groups excluding carboxylic acids is 1. The van der Waals surface area contributed by atoms with Crippen molar-refractivity contribution in [2.24, 2.45) is 0 Å². The summed E-state index contributed by atoms with van der Waals surface area (Å²) in [5.41, 5.74) is 4.99. The third kappa shape index (κ3) is 4.41. The largest absolute Gasteiger partial charge is 0.324 e. The number of nitrogens with zero attached hydrogens (tertiary/aromatic N) is 2. The first kappa shape index (κ1) is 16.6. The molecule has 0 aliphatic carbocycles. The van der Waals surface area contributed by atoms with Crippen LogP contribution in [-0.2, 0) is 0 Å². The summed E-state index contributed by atoms with van der Waals surface area (Å²) in [5, 5.41) is 6.06. The highest BCUT2D eigenvalue weighted by atomic mass is 16.1. The molecule has 25 heavy (non-hydrogen) atoms. The number of rotatable bonds is 4. The molecule has 0 aliphatic rings. The van der Waals surface area contributed by atoms with Crippen molar-refractivity contribution in [1.82, 2.24) is 9.97 Å². The molecule has 5 nitrogen and oxygen atoms in total. The molecule has 0 radical (unpaired) electrons. The third-order valence-corrected chi connectivity index (χ3v) is 3.64. The number of benzene rings is 2. The molecule has 0 unspecified atom stereocenters. The summed E-state index contributed by atoms with van der Waals surface area (Å²) in [5.74, 6) is 0.365. The Morgan fingerprint density at radius 2 is 1.52 bits per heavy atom. The van der Waals surface area contributed by atoms with Crippen LogP contribution in [0.25, 0.3) is 0 Å². The van der Waals surface area contributed by atoms with Gasteiger partial charge in [-0.3, -0.25) is 4.79 Å². The van der Waals surface area contributed by atoms with E-state index in [4.69, 9.17) is 0 Å². The Bertz CT molecular complexity index is 901. The summed E-state index contributed by atoms with van der Waals surface area (Å²) in [6.45, 7) is 5.83. The number of hydrogen-bond donors (Lipinski definition) is 2. The first-order valence-electron chi connectivity index (χ1n) is 8.07. The number of anilines is 3. The molecule has 1 aromatic heterocycles. The lowest BCUT2D eigenvalue weighted by atomic mass is 10.1. The number of aromatic nitrogens is 2. The van der Waals surface area contributed by atoms with Crippen molar-refractivity contribution in [2.45, 2.75) is 20.8 Å². The van der Waals surface area contributed by atoms with E-state index in [9.17, 15) is 4.79 Å². The van der Waals surface area contributed by atoms with Crippen molar-refractivity contribution < 1.29 is 4.79 Å². The summed E-state index contributed by atoms with van der Waals surface area (Å²) in [4.78, 5) is 21.2. The summed E-state index contributed by atoms with van der Waals surface area (Å²) >= 11 is 0. The van der Waals surface area contributed by atoms with Crippen molar-refractivity contribution in [3.05, 3.63) is 77.1 Å². The minimum Gasteiger partial charge on any atom is -0.324 e.